The number of benzene rings is 1. The number of aryl methyl sites for hydroxylation is 1. The first-order valence-corrected chi connectivity index (χ1v) is 10.0. The lowest BCUT2D eigenvalue weighted by molar-refractivity contribution is 0.0744. The summed E-state index contributed by atoms with van der Waals surface area (Å²) in [5.74, 6) is 0.954. The monoisotopic (exact) mass is 403 g/mol. The van der Waals surface area contributed by atoms with Crippen molar-refractivity contribution in [1.29, 1.82) is 0 Å². The second-order valence-corrected chi connectivity index (χ2v) is 7.75. The molecular formula is C23H21N3O4. The van der Waals surface area contributed by atoms with Gasteiger partial charge in [-0.25, -0.2) is 14.8 Å². The first-order chi connectivity index (χ1) is 14.6. The van der Waals surface area contributed by atoms with Gasteiger partial charge in [0.25, 0.3) is 5.91 Å². The Morgan fingerprint density at radius 3 is 2.77 bits per heavy atom. The molecule has 1 fully saturated rings. The van der Waals surface area contributed by atoms with Crippen molar-refractivity contribution in [3.8, 4) is 11.4 Å². The Morgan fingerprint density at radius 2 is 2.03 bits per heavy atom. The summed E-state index contributed by atoms with van der Waals surface area (Å²) in [4.78, 5) is 36.5. The van der Waals surface area contributed by atoms with Gasteiger partial charge in [0.05, 0.1) is 18.8 Å². The summed E-state index contributed by atoms with van der Waals surface area (Å²) in [6, 6.07) is 11.5. The van der Waals surface area contributed by atoms with E-state index < -0.39 is 5.63 Å². The Kier molecular flexibility index (Phi) is 4.67. The van der Waals surface area contributed by atoms with Crippen molar-refractivity contribution in [3.05, 3.63) is 81.2 Å². The van der Waals surface area contributed by atoms with E-state index in [-0.39, 0.29) is 17.4 Å². The molecule has 0 N–H and O–H groups in total. The highest BCUT2D eigenvalue weighted by Crippen LogP contribution is 2.28. The lowest BCUT2D eigenvalue weighted by Crippen LogP contribution is -2.31. The van der Waals surface area contributed by atoms with Gasteiger partial charge >= 0.3 is 5.63 Å². The smallest absolute Gasteiger partial charge is 0.349 e. The van der Waals surface area contributed by atoms with Gasteiger partial charge in [0.15, 0.2) is 5.82 Å². The molecule has 3 aromatic rings. The molecule has 0 saturated carbocycles. The zero-order valence-corrected chi connectivity index (χ0v) is 16.6. The number of hydrogen-bond donors (Lipinski definition) is 0. The van der Waals surface area contributed by atoms with Crippen LogP contribution in [0.1, 0.15) is 45.3 Å². The molecule has 5 rings (SSSR count). The van der Waals surface area contributed by atoms with Crippen LogP contribution in [0, 0.1) is 6.92 Å². The van der Waals surface area contributed by atoms with Crippen LogP contribution in [0.4, 0.5) is 0 Å². The Bertz CT molecular complexity index is 1170. The van der Waals surface area contributed by atoms with Gasteiger partial charge in [-0.05, 0) is 25.0 Å². The van der Waals surface area contributed by atoms with E-state index in [9.17, 15) is 9.59 Å². The van der Waals surface area contributed by atoms with E-state index in [1.807, 2.05) is 30.3 Å². The van der Waals surface area contributed by atoms with Gasteiger partial charge in [-0.2, -0.15) is 0 Å². The number of carbonyl (C=O) groups is 1. The van der Waals surface area contributed by atoms with Crippen LogP contribution in [0.25, 0.3) is 11.4 Å². The molecule has 4 heterocycles. The van der Waals surface area contributed by atoms with Crippen LogP contribution < -0.4 is 5.63 Å². The second kappa shape index (κ2) is 7.50. The third-order valence-corrected chi connectivity index (χ3v) is 5.69. The predicted octanol–water partition coefficient (Wildman–Crippen LogP) is 3.07. The SMILES string of the molecule is Cc1cc(C2CCOC2)oc(=O)c1C(=O)N1Cc2cnc(-c3ccccc3)nc2C1. The van der Waals surface area contributed by atoms with Crippen LogP contribution in [0.3, 0.4) is 0 Å². The van der Waals surface area contributed by atoms with E-state index in [0.717, 1.165) is 23.2 Å². The van der Waals surface area contributed by atoms with Crippen molar-refractivity contribution >= 4 is 5.91 Å². The van der Waals surface area contributed by atoms with Crippen molar-refractivity contribution in [2.24, 2.45) is 0 Å². The van der Waals surface area contributed by atoms with E-state index >= 15 is 0 Å². The summed E-state index contributed by atoms with van der Waals surface area (Å²) in [7, 11) is 0. The highest BCUT2D eigenvalue weighted by Gasteiger charge is 2.30. The molecule has 1 saturated heterocycles. The van der Waals surface area contributed by atoms with E-state index in [2.05, 4.69) is 9.97 Å². The average Bonchev–Trinajstić information content (AvgIpc) is 3.43. The number of rotatable bonds is 3. The molecule has 1 unspecified atom stereocenters. The lowest BCUT2D eigenvalue weighted by atomic mass is 10.0. The molecular weight excluding hydrogens is 382 g/mol. The third-order valence-electron chi connectivity index (χ3n) is 5.69. The molecule has 0 aliphatic carbocycles. The van der Waals surface area contributed by atoms with Gasteiger partial charge < -0.3 is 14.1 Å². The zero-order chi connectivity index (χ0) is 20.7. The van der Waals surface area contributed by atoms with Gasteiger partial charge in [-0.3, -0.25) is 4.79 Å². The zero-order valence-electron chi connectivity index (χ0n) is 16.6. The average molecular weight is 403 g/mol. The Hall–Kier alpha value is -3.32. The van der Waals surface area contributed by atoms with Crippen LogP contribution in [0.5, 0.6) is 0 Å². The molecule has 1 aromatic carbocycles. The van der Waals surface area contributed by atoms with Crippen molar-refractivity contribution in [3.63, 3.8) is 0 Å². The first-order valence-electron chi connectivity index (χ1n) is 10.0. The Labute approximate surface area is 173 Å². The molecule has 2 aliphatic heterocycles. The van der Waals surface area contributed by atoms with Gasteiger partial charge in [-0.1, -0.05) is 30.3 Å². The fourth-order valence-corrected chi connectivity index (χ4v) is 4.03. The standard InChI is InChI=1S/C23H21N3O4/c1-14-9-19(16-7-8-29-13-16)30-23(28)20(14)22(27)26-11-17-10-24-21(25-18(17)12-26)15-5-3-2-4-6-15/h2-6,9-10,16H,7-8,11-13H2,1H3. The highest BCUT2D eigenvalue weighted by atomic mass is 16.5. The number of nitrogens with zero attached hydrogens (tertiary/aromatic N) is 3. The van der Waals surface area contributed by atoms with Crippen molar-refractivity contribution in [2.75, 3.05) is 13.2 Å². The van der Waals surface area contributed by atoms with E-state index in [1.54, 1.807) is 24.1 Å². The first kappa shape index (κ1) is 18.7. The molecule has 7 nitrogen and oxygen atoms in total. The minimum absolute atomic E-state index is 0.0725. The molecule has 0 bridgehead atoms. The number of fused-ring (bicyclic) bond motifs is 1. The third kappa shape index (κ3) is 3.31. The number of aromatic nitrogens is 2. The normalized spacial score (nSPS) is 17.9. The van der Waals surface area contributed by atoms with Gasteiger partial charge in [0.1, 0.15) is 11.3 Å². The number of amides is 1. The molecule has 152 valence electrons. The van der Waals surface area contributed by atoms with E-state index in [4.69, 9.17) is 9.15 Å². The van der Waals surface area contributed by atoms with Crippen LogP contribution in [-0.4, -0.2) is 34.0 Å². The van der Waals surface area contributed by atoms with Crippen LogP contribution in [0.15, 0.2) is 51.8 Å². The maximum Gasteiger partial charge on any atom is 0.349 e. The Balaban J connectivity index is 1.40. The summed E-state index contributed by atoms with van der Waals surface area (Å²) in [6.07, 6.45) is 2.58. The second-order valence-electron chi connectivity index (χ2n) is 7.75. The molecule has 0 radical (unpaired) electrons. The molecule has 30 heavy (non-hydrogen) atoms. The predicted molar refractivity (Wildman–Crippen MR) is 109 cm³/mol. The highest BCUT2D eigenvalue weighted by molar-refractivity contribution is 5.95. The van der Waals surface area contributed by atoms with Crippen molar-refractivity contribution in [2.45, 2.75) is 32.4 Å². The topological polar surface area (TPSA) is 85.5 Å². The number of carbonyl (C=O) groups excluding carboxylic acids is 1. The minimum Gasteiger partial charge on any atom is -0.427 e. The summed E-state index contributed by atoms with van der Waals surface area (Å²) in [6.45, 7) is 3.69. The summed E-state index contributed by atoms with van der Waals surface area (Å²) >= 11 is 0. The molecule has 1 atom stereocenters. The lowest BCUT2D eigenvalue weighted by Gasteiger charge is -2.16. The molecule has 1 amide bonds. The Morgan fingerprint density at radius 1 is 1.20 bits per heavy atom. The van der Waals surface area contributed by atoms with Gasteiger partial charge in [0.2, 0.25) is 0 Å². The van der Waals surface area contributed by atoms with E-state index in [0.29, 0.717) is 43.5 Å². The maximum absolute atomic E-state index is 13.1. The largest absolute Gasteiger partial charge is 0.427 e. The minimum atomic E-state index is -0.589. The van der Waals surface area contributed by atoms with Crippen LogP contribution >= 0.6 is 0 Å². The van der Waals surface area contributed by atoms with Gasteiger partial charge in [0, 0.05) is 36.4 Å². The van der Waals surface area contributed by atoms with Crippen LogP contribution in [-0.2, 0) is 17.8 Å². The maximum atomic E-state index is 13.1. The number of hydrogen-bond acceptors (Lipinski definition) is 6. The number of ether oxygens (including phenoxy) is 1. The fourth-order valence-electron chi connectivity index (χ4n) is 4.03. The van der Waals surface area contributed by atoms with Crippen molar-refractivity contribution in [1.82, 2.24) is 14.9 Å². The van der Waals surface area contributed by atoms with Crippen molar-refractivity contribution < 1.29 is 13.9 Å². The molecule has 2 aliphatic rings. The molecule has 7 heteroatoms. The fraction of sp³-hybridized carbons (Fsp3) is 0.304. The molecule has 0 spiro atoms. The van der Waals surface area contributed by atoms with Gasteiger partial charge in [-0.15, -0.1) is 0 Å². The summed E-state index contributed by atoms with van der Waals surface area (Å²) in [5, 5.41) is 0. The summed E-state index contributed by atoms with van der Waals surface area (Å²) < 4.78 is 10.9. The van der Waals surface area contributed by atoms with E-state index in [1.165, 1.54) is 0 Å². The van der Waals surface area contributed by atoms with Crippen LogP contribution in [0.2, 0.25) is 0 Å². The quantitative estimate of drug-likeness (QED) is 0.668. The summed E-state index contributed by atoms with van der Waals surface area (Å²) in [5.41, 5.74) is 2.75. The molecule has 2 aromatic heterocycles.